The molecule has 2 saturated carbocycles. The highest BCUT2D eigenvalue weighted by atomic mass is 35.5. The lowest BCUT2D eigenvalue weighted by molar-refractivity contribution is 0.0826. The second-order valence-corrected chi connectivity index (χ2v) is 7.58. The van der Waals surface area contributed by atoms with E-state index in [0.717, 1.165) is 12.3 Å². The van der Waals surface area contributed by atoms with E-state index in [2.05, 4.69) is 26.1 Å². The quantitative estimate of drug-likeness (QED) is 0.865. The van der Waals surface area contributed by atoms with Crippen molar-refractivity contribution in [1.82, 2.24) is 5.32 Å². The second-order valence-electron chi connectivity index (χ2n) is 7.14. The maximum atomic E-state index is 12.4. The van der Waals surface area contributed by atoms with Gasteiger partial charge in [-0.05, 0) is 60.3 Å². The van der Waals surface area contributed by atoms with Gasteiger partial charge < -0.3 is 5.32 Å². The Morgan fingerprint density at radius 3 is 2.40 bits per heavy atom. The van der Waals surface area contributed by atoms with Crippen LogP contribution in [-0.2, 0) is 0 Å². The maximum absolute atomic E-state index is 12.4. The molecular weight excluding hydrogens is 270 g/mol. The first-order chi connectivity index (χ1) is 9.34. The zero-order valence-electron chi connectivity index (χ0n) is 12.4. The van der Waals surface area contributed by atoms with E-state index in [1.807, 2.05) is 0 Å². The Morgan fingerprint density at radius 2 is 1.90 bits per heavy atom. The van der Waals surface area contributed by atoms with Crippen molar-refractivity contribution < 1.29 is 4.79 Å². The summed E-state index contributed by atoms with van der Waals surface area (Å²) in [5.41, 5.74) is 1.24. The lowest BCUT2D eigenvalue weighted by atomic mass is 9.69. The maximum Gasteiger partial charge on any atom is 0.251 e. The lowest BCUT2D eigenvalue weighted by Crippen LogP contribution is -2.46. The van der Waals surface area contributed by atoms with Crippen LogP contribution in [0.3, 0.4) is 0 Å². The first-order valence-corrected chi connectivity index (χ1v) is 7.79. The Hall–Kier alpha value is -1.02. The Bertz CT molecular complexity index is 536. The molecule has 2 aliphatic carbocycles. The van der Waals surface area contributed by atoms with E-state index in [9.17, 15) is 4.79 Å². The minimum absolute atomic E-state index is 0.0243. The number of benzene rings is 1. The second kappa shape index (κ2) is 4.49. The molecule has 2 bridgehead atoms. The summed E-state index contributed by atoms with van der Waals surface area (Å²) in [6.45, 7) is 7.06. The van der Waals surface area contributed by atoms with E-state index in [4.69, 9.17) is 11.6 Å². The summed E-state index contributed by atoms with van der Waals surface area (Å²) in [6.07, 6.45) is 3.63. The zero-order chi connectivity index (χ0) is 14.5. The van der Waals surface area contributed by atoms with Gasteiger partial charge in [0.05, 0.1) is 0 Å². The number of carbonyl (C=O) groups excluding carboxylic acids is 1. The van der Waals surface area contributed by atoms with Gasteiger partial charge in [0.2, 0.25) is 0 Å². The predicted molar refractivity (Wildman–Crippen MR) is 81.9 cm³/mol. The third-order valence-electron chi connectivity index (χ3n) is 6.21. The van der Waals surface area contributed by atoms with Gasteiger partial charge in [-0.1, -0.05) is 32.4 Å². The van der Waals surface area contributed by atoms with E-state index in [1.54, 1.807) is 24.3 Å². The van der Waals surface area contributed by atoms with Crippen molar-refractivity contribution >= 4 is 17.5 Å². The number of carbonyl (C=O) groups is 1. The monoisotopic (exact) mass is 291 g/mol. The van der Waals surface area contributed by atoms with Gasteiger partial charge in [-0.2, -0.15) is 0 Å². The minimum atomic E-state index is 0.0243. The van der Waals surface area contributed by atoms with Crippen molar-refractivity contribution in [2.45, 2.75) is 46.1 Å². The number of hydrogen-bond acceptors (Lipinski definition) is 1. The zero-order valence-corrected chi connectivity index (χ0v) is 13.1. The molecule has 3 heteroatoms. The highest BCUT2D eigenvalue weighted by molar-refractivity contribution is 6.30. The van der Waals surface area contributed by atoms with Crippen molar-refractivity contribution in [3.63, 3.8) is 0 Å². The summed E-state index contributed by atoms with van der Waals surface area (Å²) in [5.74, 6) is 0.763. The van der Waals surface area contributed by atoms with Crippen molar-refractivity contribution in [1.29, 1.82) is 0 Å². The molecule has 2 fully saturated rings. The molecule has 0 heterocycles. The minimum Gasteiger partial charge on any atom is -0.349 e. The molecule has 2 aliphatic rings. The predicted octanol–water partition coefficient (Wildman–Crippen LogP) is 4.28. The molecule has 1 aromatic rings. The molecule has 1 N–H and O–H groups in total. The van der Waals surface area contributed by atoms with Crippen molar-refractivity contribution in [3.8, 4) is 0 Å². The highest BCUT2D eigenvalue weighted by Gasteiger charge is 2.61. The molecule has 2 nitrogen and oxygen atoms in total. The van der Waals surface area contributed by atoms with E-state index >= 15 is 0 Å². The normalized spacial score (nSPS) is 34.2. The Balaban J connectivity index is 1.76. The summed E-state index contributed by atoms with van der Waals surface area (Å²) < 4.78 is 0. The summed E-state index contributed by atoms with van der Waals surface area (Å²) in [7, 11) is 0. The van der Waals surface area contributed by atoms with E-state index < -0.39 is 0 Å². The Kier molecular flexibility index (Phi) is 3.13. The molecule has 0 aliphatic heterocycles. The van der Waals surface area contributed by atoms with Gasteiger partial charge >= 0.3 is 0 Å². The van der Waals surface area contributed by atoms with E-state index in [0.29, 0.717) is 22.0 Å². The fourth-order valence-corrected chi connectivity index (χ4v) is 4.39. The molecule has 0 radical (unpaired) electrons. The van der Waals surface area contributed by atoms with Gasteiger partial charge in [-0.15, -0.1) is 0 Å². The Morgan fingerprint density at radius 1 is 1.25 bits per heavy atom. The number of nitrogens with one attached hydrogen (secondary N) is 1. The van der Waals surface area contributed by atoms with E-state index in [1.165, 1.54) is 12.8 Å². The molecule has 0 saturated heterocycles. The average molecular weight is 292 g/mol. The lowest BCUT2D eigenvalue weighted by Gasteiger charge is -2.39. The number of halogens is 1. The van der Waals surface area contributed by atoms with Crippen LogP contribution in [0.25, 0.3) is 0 Å². The third-order valence-corrected chi connectivity index (χ3v) is 6.46. The molecular formula is C17H22ClNO. The molecule has 1 amide bonds. The summed E-state index contributed by atoms with van der Waals surface area (Å²) in [6, 6.07) is 7.40. The molecule has 108 valence electrons. The number of amides is 1. The van der Waals surface area contributed by atoms with Crippen molar-refractivity contribution in [2.75, 3.05) is 0 Å². The smallest absolute Gasteiger partial charge is 0.251 e. The van der Waals surface area contributed by atoms with Crippen LogP contribution in [0.1, 0.15) is 50.4 Å². The van der Waals surface area contributed by atoms with Crippen LogP contribution >= 0.6 is 11.6 Å². The van der Waals surface area contributed by atoms with Crippen LogP contribution in [0.2, 0.25) is 5.02 Å². The largest absolute Gasteiger partial charge is 0.349 e. The highest BCUT2D eigenvalue weighted by Crippen LogP contribution is 2.65. The summed E-state index contributed by atoms with van der Waals surface area (Å²) in [5, 5.41) is 3.92. The molecule has 3 rings (SSSR count). The van der Waals surface area contributed by atoms with Gasteiger partial charge in [-0.25, -0.2) is 0 Å². The van der Waals surface area contributed by atoms with Crippen molar-refractivity contribution in [2.24, 2.45) is 16.7 Å². The molecule has 0 unspecified atom stereocenters. The number of fused-ring (bicyclic) bond motifs is 2. The summed E-state index contributed by atoms with van der Waals surface area (Å²) in [4.78, 5) is 12.4. The average Bonchev–Trinajstić information content (AvgIpc) is 2.72. The number of hydrogen-bond donors (Lipinski definition) is 1. The van der Waals surface area contributed by atoms with Crippen LogP contribution in [0, 0.1) is 16.7 Å². The molecule has 20 heavy (non-hydrogen) atoms. The van der Waals surface area contributed by atoms with Gasteiger partial charge in [0.25, 0.3) is 5.91 Å². The van der Waals surface area contributed by atoms with Gasteiger partial charge in [-0.3, -0.25) is 4.79 Å². The van der Waals surface area contributed by atoms with Gasteiger partial charge in [0, 0.05) is 16.6 Å². The first kappa shape index (κ1) is 13.9. The molecule has 0 aromatic heterocycles. The molecule has 0 spiro atoms. The summed E-state index contributed by atoms with van der Waals surface area (Å²) >= 11 is 5.87. The van der Waals surface area contributed by atoms with Crippen LogP contribution in [0.5, 0.6) is 0 Å². The number of rotatable bonds is 2. The van der Waals surface area contributed by atoms with Crippen LogP contribution in [0.15, 0.2) is 24.3 Å². The van der Waals surface area contributed by atoms with Gasteiger partial charge in [0.1, 0.15) is 0 Å². The van der Waals surface area contributed by atoms with Crippen molar-refractivity contribution in [3.05, 3.63) is 34.9 Å². The first-order valence-electron chi connectivity index (χ1n) is 7.41. The Labute approximate surface area is 125 Å². The van der Waals surface area contributed by atoms with Crippen LogP contribution < -0.4 is 5.32 Å². The standard InChI is InChI=1S/C17H22ClNO/c1-16(2)12-8-9-17(16,3)14(10-12)19-15(20)11-4-6-13(18)7-5-11/h4-7,12,14H,8-10H2,1-3H3,(H,19,20)/t12-,14-,17-/m1/s1. The fourth-order valence-electron chi connectivity index (χ4n) is 4.26. The fraction of sp³-hybridized carbons (Fsp3) is 0.588. The van der Waals surface area contributed by atoms with Crippen LogP contribution in [-0.4, -0.2) is 11.9 Å². The molecule has 1 aromatic carbocycles. The van der Waals surface area contributed by atoms with E-state index in [-0.39, 0.29) is 11.3 Å². The third kappa shape index (κ3) is 1.88. The van der Waals surface area contributed by atoms with Crippen LogP contribution in [0.4, 0.5) is 0 Å². The topological polar surface area (TPSA) is 29.1 Å². The molecule has 3 atom stereocenters. The van der Waals surface area contributed by atoms with Gasteiger partial charge in [0.15, 0.2) is 0 Å². The SMILES string of the molecule is CC1(C)[C@@H]2CC[C@]1(C)[C@H](NC(=O)c1ccc(Cl)cc1)C2.